The Morgan fingerprint density at radius 3 is 2.48 bits per heavy atom. The van der Waals surface area contributed by atoms with Gasteiger partial charge in [0.25, 0.3) is 0 Å². The number of furan rings is 1. The first-order valence-electron chi connectivity index (χ1n) is 12.0. The summed E-state index contributed by atoms with van der Waals surface area (Å²) >= 11 is 0. The largest absolute Gasteiger partial charge is 0.466 e. The van der Waals surface area contributed by atoms with Crippen LogP contribution in [0, 0.1) is 11.8 Å². The summed E-state index contributed by atoms with van der Waals surface area (Å²) in [6.07, 6.45) is 8.37. The molecule has 31 heavy (non-hydrogen) atoms. The lowest BCUT2D eigenvalue weighted by molar-refractivity contribution is -0.946. The predicted molar refractivity (Wildman–Crippen MR) is 117 cm³/mol. The standard InChI is InChI=1S/C26H34NO4/c28-25(26(29,22-9-4-5-10-22)24-11-6-18-30-24)31-23-19-27(16-13-21(23)14-17-27)15-12-20-7-2-1-3-8-20/h1-3,6-8,11,18,21-23,29H,4-5,9-10,12-17,19H2/q+1/t21?,23-,26+,27?/m0/s1. The molecule has 2 atom stereocenters. The number of hydrogen-bond donors (Lipinski definition) is 1. The minimum atomic E-state index is -1.67. The Morgan fingerprint density at radius 1 is 1.06 bits per heavy atom. The smallest absolute Gasteiger partial charge is 0.346 e. The average Bonchev–Trinajstić information content (AvgIpc) is 3.54. The van der Waals surface area contributed by atoms with Crippen molar-refractivity contribution in [3.05, 3.63) is 60.1 Å². The molecule has 5 heteroatoms. The Hall–Kier alpha value is -2.11. The van der Waals surface area contributed by atoms with Gasteiger partial charge in [-0.25, -0.2) is 4.79 Å². The SMILES string of the molecule is O=C(O[C@H]1C[N+]2(CCc3ccccc3)CCC1CC2)[C@](O)(c1ccco1)C1CCCC1. The lowest BCUT2D eigenvalue weighted by atomic mass is 9.81. The number of ether oxygens (including phenoxy) is 1. The van der Waals surface area contributed by atoms with Crippen LogP contribution in [-0.4, -0.2) is 47.8 Å². The van der Waals surface area contributed by atoms with E-state index in [0.29, 0.717) is 11.7 Å². The molecule has 4 fully saturated rings. The molecule has 1 aromatic heterocycles. The molecule has 5 nitrogen and oxygen atoms in total. The van der Waals surface area contributed by atoms with Gasteiger partial charge in [0.1, 0.15) is 12.3 Å². The van der Waals surface area contributed by atoms with Gasteiger partial charge in [0.15, 0.2) is 6.10 Å². The Balaban J connectivity index is 1.30. The van der Waals surface area contributed by atoms with Gasteiger partial charge in [-0.2, -0.15) is 0 Å². The van der Waals surface area contributed by atoms with Crippen molar-refractivity contribution in [1.29, 1.82) is 0 Å². The molecule has 1 aliphatic carbocycles. The van der Waals surface area contributed by atoms with Gasteiger partial charge in [-0.3, -0.25) is 0 Å². The Bertz CT molecular complexity index is 866. The molecule has 2 bridgehead atoms. The maximum absolute atomic E-state index is 13.4. The van der Waals surface area contributed by atoms with Gasteiger partial charge in [0.05, 0.1) is 25.9 Å². The number of esters is 1. The van der Waals surface area contributed by atoms with Crippen molar-refractivity contribution in [2.24, 2.45) is 11.8 Å². The van der Waals surface area contributed by atoms with Gasteiger partial charge in [-0.05, 0) is 30.5 Å². The number of carbonyl (C=O) groups excluding carboxylic acids is 1. The lowest BCUT2D eigenvalue weighted by Gasteiger charge is -2.52. The second-order valence-corrected chi connectivity index (χ2v) is 9.94. The second kappa shape index (κ2) is 8.44. The van der Waals surface area contributed by atoms with Crippen molar-refractivity contribution < 1.29 is 23.5 Å². The summed E-state index contributed by atoms with van der Waals surface area (Å²) in [5, 5.41) is 11.6. The number of quaternary nitrogens is 1. The fraction of sp³-hybridized carbons (Fsp3) is 0.577. The van der Waals surface area contributed by atoms with Gasteiger partial charge in [0.2, 0.25) is 5.60 Å². The van der Waals surface area contributed by atoms with Gasteiger partial charge >= 0.3 is 5.97 Å². The molecule has 1 aromatic carbocycles. The highest BCUT2D eigenvalue weighted by molar-refractivity contribution is 5.81. The van der Waals surface area contributed by atoms with E-state index in [1.165, 1.54) is 11.8 Å². The van der Waals surface area contributed by atoms with E-state index in [9.17, 15) is 9.90 Å². The number of aliphatic hydroxyl groups is 1. The number of piperidine rings is 3. The third kappa shape index (κ3) is 3.94. The van der Waals surface area contributed by atoms with E-state index in [-0.39, 0.29) is 12.0 Å². The van der Waals surface area contributed by atoms with Crippen LogP contribution < -0.4 is 0 Å². The molecule has 0 amide bonds. The van der Waals surface area contributed by atoms with Crippen LogP contribution in [0.4, 0.5) is 0 Å². The van der Waals surface area contributed by atoms with Crippen LogP contribution in [0.2, 0.25) is 0 Å². The minimum absolute atomic E-state index is 0.117. The van der Waals surface area contributed by atoms with Crippen LogP contribution in [0.5, 0.6) is 0 Å². The van der Waals surface area contributed by atoms with E-state index in [1.54, 1.807) is 12.1 Å². The highest BCUT2D eigenvalue weighted by atomic mass is 16.6. The molecular weight excluding hydrogens is 390 g/mol. The molecule has 166 valence electrons. The van der Waals surface area contributed by atoms with Gasteiger partial charge in [-0.1, -0.05) is 43.2 Å². The number of benzene rings is 1. The van der Waals surface area contributed by atoms with E-state index in [4.69, 9.17) is 9.15 Å². The summed E-state index contributed by atoms with van der Waals surface area (Å²) in [4.78, 5) is 13.4. The zero-order chi connectivity index (χ0) is 21.3. The molecular formula is C26H34NO4+. The van der Waals surface area contributed by atoms with Crippen molar-refractivity contribution in [3.63, 3.8) is 0 Å². The monoisotopic (exact) mass is 424 g/mol. The first-order chi connectivity index (χ1) is 15.1. The summed E-state index contributed by atoms with van der Waals surface area (Å²) in [6, 6.07) is 14.1. The maximum atomic E-state index is 13.4. The molecule has 2 aromatic rings. The van der Waals surface area contributed by atoms with Crippen LogP contribution in [0.3, 0.4) is 0 Å². The van der Waals surface area contributed by atoms with Crippen LogP contribution in [0.1, 0.15) is 49.8 Å². The highest BCUT2D eigenvalue weighted by Crippen LogP contribution is 2.43. The number of nitrogens with zero attached hydrogens (tertiary/aromatic N) is 1. The summed E-state index contributed by atoms with van der Waals surface area (Å²) < 4.78 is 12.7. The lowest BCUT2D eigenvalue weighted by Crippen LogP contribution is -2.65. The van der Waals surface area contributed by atoms with Gasteiger partial charge in [-0.15, -0.1) is 0 Å². The average molecular weight is 425 g/mol. The number of carbonyl (C=O) groups is 1. The minimum Gasteiger partial charge on any atom is -0.466 e. The molecule has 0 unspecified atom stereocenters. The molecule has 4 heterocycles. The summed E-state index contributed by atoms with van der Waals surface area (Å²) in [5.41, 5.74) is -0.300. The van der Waals surface area contributed by atoms with Gasteiger partial charge < -0.3 is 18.7 Å². The molecule has 0 spiro atoms. The van der Waals surface area contributed by atoms with Crippen molar-refractivity contribution in [1.82, 2.24) is 0 Å². The first kappa shape index (κ1) is 20.8. The quantitative estimate of drug-likeness (QED) is 0.538. The first-order valence-corrected chi connectivity index (χ1v) is 12.0. The van der Waals surface area contributed by atoms with Crippen LogP contribution in [0.15, 0.2) is 53.1 Å². The summed E-state index contributed by atoms with van der Waals surface area (Å²) in [7, 11) is 0. The topological polar surface area (TPSA) is 59.7 Å². The highest BCUT2D eigenvalue weighted by Gasteiger charge is 2.53. The molecule has 3 saturated heterocycles. The zero-order valence-electron chi connectivity index (χ0n) is 18.2. The second-order valence-electron chi connectivity index (χ2n) is 9.94. The summed E-state index contributed by atoms with van der Waals surface area (Å²) in [6.45, 7) is 4.27. The van der Waals surface area contributed by atoms with Crippen LogP contribution >= 0.6 is 0 Å². The van der Waals surface area contributed by atoms with Gasteiger partial charge in [0, 0.05) is 31.1 Å². The van der Waals surface area contributed by atoms with E-state index >= 15 is 0 Å². The molecule has 4 aliphatic rings. The van der Waals surface area contributed by atoms with E-state index in [0.717, 1.165) is 75.6 Å². The van der Waals surface area contributed by atoms with Crippen LogP contribution in [-0.2, 0) is 21.6 Å². The Morgan fingerprint density at radius 2 is 1.81 bits per heavy atom. The zero-order valence-corrected chi connectivity index (χ0v) is 18.2. The number of rotatable bonds is 7. The normalized spacial score (nSPS) is 30.2. The summed E-state index contributed by atoms with van der Waals surface area (Å²) in [5.74, 6) is 0.103. The van der Waals surface area contributed by atoms with Crippen molar-refractivity contribution in [3.8, 4) is 0 Å². The van der Waals surface area contributed by atoms with Crippen LogP contribution in [0.25, 0.3) is 0 Å². The van der Waals surface area contributed by atoms with Crippen molar-refractivity contribution >= 4 is 5.97 Å². The Kier molecular flexibility index (Phi) is 5.65. The molecule has 3 aliphatic heterocycles. The molecule has 1 saturated carbocycles. The molecule has 1 N–H and O–H groups in total. The fourth-order valence-electron chi connectivity index (χ4n) is 6.21. The molecule has 0 radical (unpaired) electrons. The maximum Gasteiger partial charge on any atom is 0.346 e. The van der Waals surface area contributed by atoms with Crippen molar-refractivity contribution in [2.75, 3.05) is 26.2 Å². The third-order valence-corrected chi connectivity index (χ3v) is 8.17. The number of hydrogen-bond acceptors (Lipinski definition) is 4. The van der Waals surface area contributed by atoms with E-state index in [2.05, 4.69) is 30.3 Å². The van der Waals surface area contributed by atoms with E-state index in [1.807, 2.05) is 0 Å². The predicted octanol–water partition coefficient (Wildman–Crippen LogP) is 4.05. The molecule has 6 rings (SSSR count). The fourth-order valence-corrected chi connectivity index (χ4v) is 6.21. The number of fused-ring (bicyclic) bond motifs is 3. The third-order valence-electron chi connectivity index (χ3n) is 8.17. The van der Waals surface area contributed by atoms with Crippen molar-refractivity contribution in [2.45, 2.75) is 56.7 Å². The Labute approximate surface area is 184 Å². The van der Waals surface area contributed by atoms with E-state index < -0.39 is 11.6 Å².